The van der Waals surface area contributed by atoms with Crippen LogP contribution in [0.2, 0.25) is 0 Å². The number of nitrogens with one attached hydrogen (secondary N) is 2. The Morgan fingerprint density at radius 1 is 1.56 bits per heavy atom. The monoisotopic (exact) mass is 218 g/mol. The van der Waals surface area contributed by atoms with E-state index in [1.165, 1.54) is 18.4 Å². The fraction of sp³-hybridized carbons (Fsp3) is 0.500. The Morgan fingerprint density at radius 2 is 2.38 bits per heavy atom. The molecule has 1 aromatic rings. The van der Waals surface area contributed by atoms with Crippen LogP contribution >= 0.6 is 0 Å². The summed E-state index contributed by atoms with van der Waals surface area (Å²) in [7, 11) is 1.79. The van der Waals surface area contributed by atoms with Crippen molar-refractivity contribution >= 4 is 5.96 Å². The Hall–Kier alpha value is -1.58. The van der Waals surface area contributed by atoms with Gasteiger partial charge in [0.05, 0.1) is 12.2 Å². The molecule has 1 aliphatic carbocycles. The first-order valence-corrected chi connectivity index (χ1v) is 5.67. The summed E-state index contributed by atoms with van der Waals surface area (Å²) in [5, 5.41) is 6.62. The number of guanidine groups is 1. The third kappa shape index (κ3) is 2.95. The number of aryl methyl sites for hydroxylation is 1. The number of pyridine rings is 1. The molecule has 1 aromatic heterocycles. The maximum absolute atomic E-state index is 4.33. The van der Waals surface area contributed by atoms with E-state index in [4.69, 9.17) is 0 Å². The van der Waals surface area contributed by atoms with Gasteiger partial charge < -0.3 is 10.6 Å². The van der Waals surface area contributed by atoms with Crippen molar-refractivity contribution in [2.45, 2.75) is 32.4 Å². The Morgan fingerprint density at radius 3 is 3.00 bits per heavy atom. The second-order valence-corrected chi connectivity index (χ2v) is 4.11. The number of rotatable bonds is 3. The van der Waals surface area contributed by atoms with Gasteiger partial charge in [-0.25, -0.2) is 0 Å². The molecule has 0 unspecified atom stereocenters. The zero-order chi connectivity index (χ0) is 11.4. The number of hydrogen-bond acceptors (Lipinski definition) is 2. The average Bonchev–Trinajstić information content (AvgIpc) is 3.10. The van der Waals surface area contributed by atoms with Crippen molar-refractivity contribution in [3.05, 3.63) is 29.6 Å². The average molecular weight is 218 g/mol. The molecule has 1 fully saturated rings. The van der Waals surface area contributed by atoms with Gasteiger partial charge in [0.2, 0.25) is 0 Å². The zero-order valence-electron chi connectivity index (χ0n) is 9.83. The third-order valence-electron chi connectivity index (χ3n) is 2.68. The first-order chi connectivity index (χ1) is 7.79. The summed E-state index contributed by atoms with van der Waals surface area (Å²) >= 11 is 0. The Bertz CT molecular complexity index is 382. The van der Waals surface area contributed by atoms with Crippen molar-refractivity contribution in [2.75, 3.05) is 7.05 Å². The lowest BCUT2D eigenvalue weighted by Crippen LogP contribution is -2.38. The Labute approximate surface area is 96.2 Å². The zero-order valence-corrected chi connectivity index (χ0v) is 9.83. The standard InChI is InChI=1S/C12H18N4/c1-9-4-3-7-14-11(9)8-15-12(13-2)16-10-5-6-10/h3-4,7,10H,5-6,8H2,1-2H3,(H2,13,15,16). The largest absolute Gasteiger partial charge is 0.354 e. The molecule has 16 heavy (non-hydrogen) atoms. The van der Waals surface area contributed by atoms with E-state index in [2.05, 4.69) is 33.6 Å². The van der Waals surface area contributed by atoms with E-state index in [0.29, 0.717) is 6.04 Å². The SMILES string of the molecule is CN=C(NCc1ncccc1C)NC1CC1. The van der Waals surface area contributed by atoms with Crippen LogP contribution < -0.4 is 10.6 Å². The molecule has 1 saturated carbocycles. The molecule has 0 saturated heterocycles. The maximum atomic E-state index is 4.33. The molecule has 0 amide bonds. The lowest BCUT2D eigenvalue weighted by molar-refractivity contribution is 0.787. The highest BCUT2D eigenvalue weighted by Crippen LogP contribution is 2.18. The van der Waals surface area contributed by atoms with Gasteiger partial charge >= 0.3 is 0 Å². The highest BCUT2D eigenvalue weighted by Gasteiger charge is 2.22. The fourth-order valence-corrected chi connectivity index (χ4v) is 1.49. The molecule has 0 spiro atoms. The first-order valence-electron chi connectivity index (χ1n) is 5.67. The van der Waals surface area contributed by atoms with Gasteiger partial charge in [-0.1, -0.05) is 6.07 Å². The van der Waals surface area contributed by atoms with E-state index >= 15 is 0 Å². The van der Waals surface area contributed by atoms with Gasteiger partial charge in [-0.2, -0.15) is 0 Å². The van der Waals surface area contributed by atoms with Crippen LogP contribution in [0.1, 0.15) is 24.1 Å². The summed E-state index contributed by atoms with van der Waals surface area (Å²) in [5.41, 5.74) is 2.28. The van der Waals surface area contributed by atoms with Crippen molar-refractivity contribution in [1.82, 2.24) is 15.6 Å². The minimum absolute atomic E-state index is 0.621. The van der Waals surface area contributed by atoms with Crippen molar-refractivity contribution in [3.63, 3.8) is 0 Å². The Kier molecular flexibility index (Phi) is 3.39. The van der Waals surface area contributed by atoms with E-state index in [0.717, 1.165) is 18.2 Å². The molecular weight excluding hydrogens is 200 g/mol. The van der Waals surface area contributed by atoms with E-state index in [1.807, 2.05) is 12.3 Å². The summed E-state index contributed by atoms with van der Waals surface area (Å²) in [5.74, 6) is 0.868. The van der Waals surface area contributed by atoms with Crippen molar-refractivity contribution < 1.29 is 0 Å². The van der Waals surface area contributed by atoms with Crippen LogP contribution in [-0.2, 0) is 6.54 Å². The summed E-state index contributed by atoms with van der Waals surface area (Å²) in [6.45, 7) is 2.79. The molecule has 0 bridgehead atoms. The molecule has 2 N–H and O–H groups in total. The molecule has 0 aliphatic heterocycles. The normalized spacial score (nSPS) is 16.0. The van der Waals surface area contributed by atoms with Crippen LogP contribution in [0.4, 0.5) is 0 Å². The van der Waals surface area contributed by atoms with Gasteiger partial charge in [0.1, 0.15) is 0 Å². The first kappa shape index (κ1) is 10.9. The van der Waals surface area contributed by atoms with Crippen LogP contribution in [0.3, 0.4) is 0 Å². The molecule has 4 heteroatoms. The molecule has 0 atom stereocenters. The van der Waals surface area contributed by atoms with Crippen molar-refractivity contribution in [1.29, 1.82) is 0 Å². The topological polar surface area (TPSA) is 49.3 Å². The number of hydrogen-bond donors (Lipinski definition) is 2. The number of nitrogens with zero attached hydrogens (tertiary/aromatic N) is 2. The van der Waals surface area contributed by atoms with Gasteiger partial charge in [0.25, 0.3) is 0 Å². The Balaban J connectivity index is 1.87. The predicted octanol–water partition coefficient (Wildman–Crippen LogP) is 1.22. The van der Waals surface area contributed by atoms with Crippen molar-refractivity contribution in [3.8, 4) is 0 Å². The lowest BCUT2D eigenvalue weighted by Gasteiger charge is -2.11. The third-order valence-corrected chi connectivity index (χ3v) is 2.68. The maximum Gasteiger partial charge on any atom is 0.191 e. The quantitative estimate of drug-likeness (QED) is 0.592. The minimum Gasteiger partial charge on any atom is -0.354 e. The minimum atomic E-state index is 0.621. The van der Waals surface area contributed by atoms with Gasteiger partial charge in [-0.3, -0.25) is 9.98 Å². The van der Waals surface area contributed by atoms with Crippen LogP contribution in [0, 0.1) is 6.92 Å². The molecule has 4 nitrogen and oxygen atoms in total. The molecule has 0 radical (unpaired) electrons. The summed E-state index contributed by atoms with van der Waals surface area (Å²) in [6, 6.07) is 4.65. The van der Waals surface area contributed by atoms with Crippen LogP contribution in [0.5, 0.6) is 0 Å². The van der Waals surface area contributed by atoms with E-state index in [9.17, 15) is 0 Å². The van der Waals surface area contributed by atoms with Crippen LogP contribution in [0.25, 0.3) is 0 Å². The van der Waals surface area contributed by atoms with Gasteiger partial charge in [-0.05, 0) is 31.4 Å². The molecule has 1 aliphatic rings. The van der Waals surface area contributed by atoms with Gasteiger partial charge in [0, 0.05) is 19.3 Å². The summed E-state index contributed by atoms with van der Waals surface area (Å²) in [6.07, 6.45) is 4.33. The molecule has 0 aromatic carbocycles. The molecular formula is C12H18N4. The second-order valence-electron chi connectivity index (χ2n) is 4.11. The summed E-state index contributed by atoms with van der Waals surface area (Å²) < 4.78 is 0. The number of aliphatic imine (C=N–C) groups is 1. The van der Waals surface area contributed by atoms with Crippen molar-refractivity contribution in [2.24, 2.45) is 4.99 Å². The van der Waals surface area contributed by atoms with Gasteiger partial charge in [0.15, 0.2) is 5.96 Å². The second kappa shape index (κ2) is 4.96. The molecule has 86 valence electrons. The molecule has 1 heterocycles. The fourth-order valence-electron chi connectivity index (χ4n) is 1.49. The van der Waals surface area contributed by atoms with E-state index < -0.39 is 0 Å². The summed E-state index contributed by atoms with van der Waals surface area (Å²) in [4.78, 5) is 8.51. The lowest BCUT2D eigenvalue weighted by atomic mass is 10.2. The van der Waals surface area contributed by atoms with Crippen LogP contribution in [0.15, 0.2) is 23.3 Å². The smallest absolute Gasteiger partial charge is 0.191 e. The molecule has 2 rings (SSSR count). The van der Waals surface area contributed by atoms with E-state index in [-0.39, 0.29) is 0 Å². The predicted molar refractivity (Wildman–Crippen MR) is 65.3 cm³/mol. The van der Waals surface area contributed by atoms with E-state index in [1.54, 1.807) is 7.05 Å². The number of aromatic nitrogens is 1. The van der Waals surface area contributed by atoms with Gasteiger partial charge in [-0.15, -0.1) is 0 Å². The highest BCUT2D eigenvalue weighted by atomic mass is 15.2. The van der Waals surface area contributed by atoms with Crippen LogP contribution in [-0.4, -0.2) is 24.0 Å². The highest BCUT2D eigenvalue weighted by molar-refractivity contribution is 5.80.